The first-order chi connectivity index (χ1) is 12.7. The molecule has 26 heavy (non-hydrogen) atoms. The lowest BCUT2D eigenvalue weighted by atomic mass is 9.96. The van der Waals surface area contributed by atoms with Crippen molar-refractivity contribution >= 4 is 5.91 Å². The third-order valence-corrected chi connectivity index (χ3v) is 5.04. The van der Waals surface area contributed by atoms with Gasteiger partial charge in [0.2, 0.25) is 0 Å². The first-order valence-electron chi connectivity index (χ1n) is 9.43. The zero-order chi connectivity index (χ0) is 18.4. The number of hydrogen-bond donors (Lipinski definition) is 1. The number of likely N-dealkylation sites (tertiary alicyclic amines) is 1. The second-order valence-electron chi connectivity index (χ2n) is 6.98. The third kappa shape index (κ3) is 4.64. The van der Waals surface area contributed by atoms with Gasteiger partial charge in [0.1, 0.15) is 5.75 Å². The van der Waals surface area contributed by atoms with Crippen LogP contribution >= 0.6 is 0 Å². The fourth-order valence-corrected chi connectivity index (χ4v) is 3.51. The van der Waals surface area contributed by atoms with E-state index in [2.05, 4.69) is 17.4 Å². The number of nitrogens with one attached hydrogen (secondary N) is 1. The molecule has 138 valence electrons. The van der Waals surface area contributed by atoms with E-state index in [0.717, 1.165) is 43.8 Å². The molecule has 0 spiro atoms. The summed E-state index contributed by atoms with van der Waals surface area (Å²) in [5.74, 6) is 1.49. The minimum absolute atomic E-state index is 0.0834. The van der Waals surface area contributed by atoms with Gasteiger partial charge in [-0.1, -0.05) is 42.5 Å². The minimum Gasteiger partial charge on any atom is -0.481 e. The number of hydrogen-bond acceptors (Lipinski definition) is 3. The highest BCUT2D eigenvalue weighted by Crippen LogP contribution is 2.23. The molecule has 0 radical (unpaired) electrons. The van der Waals surface area contributed by atoms with Gasteiger partial charge in [-0.25, -0.2) is 0 Å². The monoisotopic (exact) mass is 352 g/mol. The fourth-order valence-electron chi connectivity index (χ4n) is 3.51. The van der Waals surface area contributed by atoms with Gasteiger partial charge in [0.05, 0.1) is 0 Å². The van der Waals surface area contributed by atoms with Gasteiger partial charge in [-0.15, -0.1) is 0 Å². The van der Waals surface area contributed by atoms with Gasteiger partial charge in [0.25, 0.3) is 5.91 Å². The van der Waals surface area contributed by atoms with Crippen molar-refractivity contribution in [2.75, 3.05) is 26.7 Å². The molecule has 1 amide bonds. The molecule has 4 heteroatoms. The van der Waals surface area contributed by atoms with Gasteiger partial charge >= 0.3 is 0 Å². The molecule has 1 unspecified atom stereocenters. The van der Waals surface area contributed by atoms with Crippen molar-refractivity contribution in [3.05, 3.63) is 54.6 Å². The predicted molar refractivity (Wildman–Crippen MR) is 105 cm³/mol. The number of piperidine rings is 1. The van der Waals surface area contributed by atoms with E-state index in [1.54, 1.807) is 0 Å². The Bertz CT molecular complexity index is 692. The first kappa shape index (κ1) is 18.5. The zero-order valence-corrected chi connectivity index (χ0v) is 15.7. The average molecular weight is 352 g/mol. The maximum absolute atomic E-state index is 12.6. The lowest BCUT2D eigenvalue weighted by molar-refractivity contribution is -0.139. The Labute approximate surface area is 156 Å². The van der Waals surface area contributed by atoms with Crippen molar-refractivity contribution < 1.29 is 9.53 Å². The zero-order valence-electron chi connectivity index (χ0n) is 15.7. The van der Waals surface area contributed by atoms with E-state index in [-0.39, 0.29) is 5.91 Å². The number of rotatable bonds is 6. The summed E-state index contributed by atoms with van der Waals surface area (Å²) >= 11 is 0. The Hall–Kier alpha value is -2.33. The van der Waals surface area contributed by atoms with Gasteiger partial charge in [0, 0.05) is 13.1 Å². The van der Waals surface area contributed by atoms with Gasteiger partial charge in [-0.2, -0.15) is 0 Å². The van der Waals surface area contributed by atoms with Crippen LogP contribution in [0.25, 0.3) is 11.1 Å². The normalized spacial score (nSPS) is 16.3. The Kier molecular flexibility index (Phi) is 6.29. The molecule has 1 heterocycles. The van der Waals surface area contributed by atoms with Crippen LogP contribution in [0, 0.1) is 5.92 Å². The molecule has 1 atom stereocenters. The van der Waals surface area contributed by atoms with Crippen molar-refractivity contribution in [1.82, 2.24) is 10.2 Å². The summed E-state index contributed by atoms with van der Waals surface area (Å²) in [5, 5.41) is 3.23. The highest BCUT2D eigenvalue weighted by atomic mass is 16.5. The van der Waals surface area contributed by atoms with Crippen LogP contribution in [-0.4, -0.2) is 43.6 Å². The van der Waals surface area contributed by atoms with E-state index in [1.165, 1.54) is 5.56 Å². The highest BCUT2D eigenvalue weighted by molar-refractivity contribution is 5.81. The summed E-state index contributed by atoms with van der Waals surface area (Å²) < 4.78 is 5.89. The molecule has 1 N–H and O–H groups in total. The van der Waals surface area contributed by atoms with E-state index < -0.39 is 6.10 Å². The van der Waals surface area contributed by atoms with E-state index in [0.29, 0.717) is 5.92 Å². The van der Waals surface area contributed by atoms with Gasteiger partial charge < -0.3 is 15.0 Å². The molecule has 0 aliphatic carbocycles. The molecule has 1 aliphatic rings. The first-order valence-corrected chi connectivity index (χ1v) is 9.43. The van der Waals surface area contributed by atoms with Crippen LogP contribution in [0.2, 0.25) is 0 Å². The second kappa shape index (κ2) is 8.86. The summed E-state index contributed by atoms with van der Waals surface area (Å²) in [6.45, 7) is 4.52. The maximum atomic E-state index is 12.6. The molecular weight excluding hydrogens is 324 g/mol. The van der Waals surface area contributed by atoms with Crippen LogP contribution in [0.15, 0.2) is 54.6 Å². The van der Waals surface area contributed by atoms with Crippen LogP contribution in [0.4, 0.5) is 0 Å². The van der Waals surface area contributed by atoms with Gasteiger partial charge in [-0.05, 0) is 62.5 Å². The Balaban J connectivity index is 1.54. The Morgan fingerprint density at radius 1 is 1.08 bits per heavy atom. The quantitative estimate of drug-likeness (QED) is 0.864. The number of carbonyl (C=O) groups is 1. The molecule has 1 fully saturated rings. The van der Waals surface area contributed by atoms with Crippen LogP contribution in [0.1, 0.15) is 19.8 Å². The highest BCUT2D eigenvalue weighted by Gasteiger charge is 2.26. The predicted octanol–water partition coefficient (Wildman–Crippen LogP) is 3.58. The van der Waals surface area contributed by atoms with Crippen molar-refractivity contribution in [2.24, 2.45) is 5.92 Å². The van der Waals surface area contributed by atoms with Crippen molar-refractivity contribution in [3.8, 4) is 16.9 Å². The van der Waals surface area contributed by atoms with Crippen LogP contribution in [0.3, 0.4) is 0 Å². The Morgan fingerprint density at radius 2 is 1.69 bits per heavy atom. The SMILES string of the molecule is CNCC1CCN(C(=O)C(C)Oc2ccc(-c3ccccc3)cc2)CC1. The largest absolute Gasteiger partial charge is 0.481 e. The van der Waals surface area contributed by atoms with Gasteiger partial charge in [-0.3, -0.25) is 4.79 Å². The second-order valence-corrected chi connectivity index (χ2v) is 6.98. The van der Waals surface area contributed by atoms with Crippen LogP contribution in [0.5, 0.6) is 5.75 Å². The molecular formula is C22H28N2O2. The maximum Gasteiger partial charge on any atom is 0.263 e. The Morgan fingerprint density at radius 3 is 2.31 bits per heavy atom. The molecule has 0 aromatic heterocycles. The molecule has 0 bridgehead atoms. The number of carbonyl (C=O) groups excluding carboxylic acids is 1. The average Bonchev–Trinajstić information content (AvgIpc) is 2.69. The van der Waals surface area contributed by atoms with Crippen molar-refractivity contribution in [3.63, 3.8) is 0 Å². The molecule has 4 nitrogen and oxygen atoms in total. The van der Waals surface area contributed by atoms with E-state index >= 15 is 0 Å². The summed E-state index contributed by atoms with van der Waals surface area (Å²) in [6, 6.07) is 18.2. The fraction of sp³-hybridized carbons (Fsp3) is 0.409. The van der Waals surface area contributed by atoms with Crippen LogP contribution < -0.4 is 10.1 Å². The number of amides is 1. The summed E-state index contributed by atoms with van der Waals surface area (Å²) in [5.41, 5.74) is 2.32. The minimum atomic E-state index is -0.460. The van der Waals surface area contributed by atoms with E-state index in [4.69, 9.17) is 4.74 Å². The molecule has 2 aromatic rings. The lowest BCUT2D eigenvalue weighted by Crippen LogP contribution is -2.45. The molecule has 3 rings (SSSR count). The van der Waals surface area contributed by atoms with Crippen molar-refractivity contribution in [1.29, 1.82) is 0 Å². The van der Waals surface area contributed by atoms with E-state index in [1.807, 2.05) is 61.3 Å². The number of nitrogens with zero attached hydrogens (tertiary/aromatic N) is 1. The van der Waals surface area contributed by atoms with Crippen LogP contribution in [-0.2, 0) is 4.79 Å². The van der Waals surface area contributed by atoms with Gasteiger partial charge in [0.15, 0.2) is 6.10 Å². The smallest absolute Gasteiger partial charge is 0.263 e. The summed E-state index contributed by atoms with van der Waals surface area (Å²) in [7, 11) is 1.98. The summed E-state index contributed by atoms with van der Waals surface area (Å²) in [4.78, 5) is 14.6. The van der Waals surface area contributed by atoms with Crippen molar-refractivity contribution in [2.45, 2.75) is 25.9 Å². The standard InChI is InChI=1S/C22H28N2O2/c1-17(22(25)24-14-12-18(13-15-24)16-23-2)26-21-10-8-20(9-11-21)19-6-4-3-5-7-19/h3-11,17-18,23H,12-16H2,1-2H3. The molecule has 0 saturated carbocycles. The molecule has 2 aromatic carbocycles. The third-order valence-electron chi connectivity index (χ3n) is 5.04. The number of benzene rings is 2. The topological polar surface area (TPSA) is 41.6 Å². The molecule has 1 saturated heterocycles. The number of ether oxygens (including phenoxy) is 1. The van der Waals surface area contributed by atoms with E-state index in [9.17, 15) is 4.79 Å². The molecule has 1 aliphatic heterocycles. The lowest BCUT2D eigenvalue weighted by Gasteiger charge is -2.33. The summed E-state index contributed by atoms with van der Waals surface area (Å²) in [6.07, 6.45) is 1.66.